The van der Waals surface area contributed by atoms with Crippen molar-refractivity contribution in [2.75, 3.05) is 0 Å². The van der Waals surface area contributed by atoms with Gasteiger partial charge in [-0.3, -0.25) is 0 Å². The fraction of sp³-hybridized carbons (Fsp3) is 0. The summed E-state index contributed by atoms with van der Waals surface area (Å²) < 4.78 is 0. The summed E-state index contributed by atoms with van der Waals surface area (Å²) in [5, 5.41) is 24.6. The van der Waals surface area contributed by atoms with E-state index in [1.165, 1.54) is 18.2 Å². The smallest absolute Gasteiger partial charge is 0.359 e. The van der Waals surface area contributed by atoms with E-state index in [2.05, 4.69) is 10.2 Å². The highest BCUT2D eigenvalue weighted by molar-refractivity contribution is 6.42. The Morgan fingerprint density at radius 1 is 1.31 bits per heavy atom. The number of rotatable bonds is 3. The van der Waals surface area contributed by atoms with Crippen LogP contribution in [0.5, 0.6) is 0 Å². The molecule has 2 N–H and O–H groups in total. The maximum Gasteiger partial charge on any atom is 0.359 e. The summed E-state index contributed by atoms with van der Waals surface area (Å²) in [6.45, 7) is 0. The molecule has 0 saturated heterocycles. The first-order valence-electron chi connectivity index (χ1n) is 3.99. The predicted octanol–water partition coefficient (Wildman–Crippen LogP) is 3.56. The van der Waals surface area contributed by atoms with Crippen LogP contribution in [0.3, 0.4) is 0 Å². The van der Waals surface area contributed by atoms with Gasteiger partial charge in [0.2, 0.25) is 5.70 Å². The Morgan fingerprint density at radius 2 is 2.00 bits per heavy atom. The highest BCUT2D eigenvalue weighted by Gasteiger charge is 2.05. The van der Waals surface area contributed by atoms with Crippen LogP contribution in [-0.4, -0.2) is 16.2 Å². The van der Waals surface area contributed by atoms with Crippen molar-refractivity contribution in [3.05, 3.63) is 40.2 Å². The van der Waals surface area contributed by atoms with Gasteiger partial charge in [-0.1, -0.05) is 23.2 Å². The maximum absolute atomic E-state index is 10.4. The summed E-state index contributed by atoms with van der Waals surface area (Å²) in [5.74, 6) is -1.38. The van der Waals surface area contributed by atoms with Crippen molar-refractivity contribution >= 4 is 34.9 Å². The van der Waals surface area contributed by atoms with Gasteiger partial charge in [-0.15, -0.1) is 5.11 Å². The SMILES string of the molecule is O=C(O)C(=CO)N=Nc1ccc(Cl)c(Cl)c1. The molecular weight excluding hydrogens is 255 g/mol. The molecule has 0 aliphatic heterocycles. The lowest BCUT2D eigenvalue weighted by atomic mass is 10.3. The highest BCUT2D eigenvalue weighted by Crippen LogP contribution is 2.26. The summed E-state index contributed by atoms with van der Waals surface area (Å²) in [5.41, 5.74) is -0.249. The molecule has 1 rings (SSSR count). The van der Waals surface area contributed by atoms with Gasteiger partial charge in [0, 0.05) is 0 Å². The van der Waals surface area contributed by atoms with Crippen molar-refractivity contribution in [2.24, 2.45) is 10.2 Å². The number of halogens is 2. The number of azo groups is 1. The summed E-state index contributed by atoms with van der Waals surface area (Å²) in [7, 11) is 0. The fourth-order valence-corrected chi connectivity index (χ4v) is 1.07. The number of benzene rings is 1. The summed E-state index contributed by atoms with van der Waals surface area (Å²) >= 11 is 11.4. The molecule has 7 heteroatoms. The molecule has 0 saturated carbocycles. The van der Waals surface area contributed by atoms with Crippen molar-refractivity contribution in [3.8, 4) is 0 Å². The van der Waals surface area contributed by atoms with Crippen LogP contribution < -0.4 is 0 Å². The molecule has 84 valence electrons. The van der Waals surface area contributed by atoms with E-state index >= 15 is 0 Å². The third-order valence-electron chi connectivity index (χ3n) is 1.52. The Hall–Kier alpha value is -1.59. The van der Waals surface area contributed by atoms with E-state index in [-0.39, 0.29) is 5.02 Å². The molecule has 0 fully saturated rings. The van der Waals surface area contributed by atoms with Gasteiger partial charge in [0.05, 0.1) is 15.7 Å². The molecule has 0 aliphatic rings. The lowest BCUT2D eigenvalue weighted by molar-refractivity contribution is -0.132. The molecule has 1 aromatic carbocycles. The summed E-state index contributed by atoms with van der Waals surface area (Å²) in [4.78, 5) is 10.4. The Morgan fingerprint density at radius 3 is 2.50 bits per heavy atom. The van der Waals surface area contributed by atoms with Crippen LogP contribution in [0.15, 0.2) is 40.4 Å². The van der Waals surface area contributed by atoms with E-state index in [1.807, 2.05) is 0 Å². The van der Waals surface area contributed by atoms with Gasteiger partial charge in [-0.2, -0.15) is 5.11 Å². The van der Waals surface area contributed by atoms with Crippen molar-refractivity contribution in [1.29, 1.82) is 0 Å². The number of carboxylic acid groups (broad SMARTS) is 1. The van der Waals surface area contributed by atoms with Crippen LogP contribution in [0, 0.1) is 0 Å². The monoisotopic (exact) mass is 260 g/mol. The third kappa shape index (κ3) is 3.22. The van der Waals surface area contributed by atoms with Crippen LogP contribution in [0.1, 0.15) is 0 Å². The number of carbonyl (C=O) groups is 1. The third-order valence-corrected chi connectivity index (χ3v) is 2.26. The Balaban J connectivity index is 2.92. The molecule has 5 nitrogen and oxygen atoms in total. The largest absolute Gasteiger partial charge is 0.513 e. The molecule has 0 spiro atoms. The average molecular weight is 261 g/mol. The molecule has 16 heavy (non-hydrogen) atoms. The number of aliphatic hydroxyl groups is 1. The zero-order valence-electron chi connectivity index (χ0n) is 7.76. The minimum absolute atomic E-state index is 0.281. The zero-order chi connectivity index (χ0) is 12.1. The Bertz CT molecular complexity index is 472. The molecule has 0 radical (unpaired) electrons. The zero-order valence-corrected chi connectivity index (χ0v) is 9.27. The van der Waals surface area contributed by atoms with Crippen molar-refractivity contribution in [1.82, 2.24) is 0 Å². The number of aliphatic hydroxyl groups excluding tert-OH is 1. The number of carboxylic acids is 1. The van der Waals surface area contributed by atoms with Crippen molar-refractivity contribution in [2.45, 2.75) is 0 Å². The summed E-state index contributed by atoms with van der Waals surface area (Å²) in [6, 6.07) is 4.43. The van der Waals surface area contributed by atoms with Crippen LogP contribution in [0.25, 0.3) is 0 Å². The first-order valence-corrected chi connectivity index (χ1v) is 4.74. The quantitative estimate of drug-likeness (QED) is 0.495. The maximum atomic E-state index is 10.4. The first-order chi connectivity index (χ1) is 7.54. The highest BCUT2D eigenvalue weighted by atomic mass is 35.5. The lowest BCUT2D eigenvalue weighted by Gasteiger charge is -1.96. The first kappa shape index (κ1) is 12.5. The lowest BCUT2D eigenvalue weighted by Crippen LogP contribution is -1.96. The van der Waals surface area contributed by atoms with E-state index in [0.717, 1.165) is 0 Å². The van der Waals surface area contributed by atoms with Gasteiger partial charge in [0.25, 0.3) is 0 Å². The molecule has 0 unspecified atom stereocenters. The standard InChI is InChI=1S/C9H6Cl2N2O3/c10-6-2-1-5(3-7(6)11)12-13-8(4-14)9(15)16/h1-4,14H,(H,15,16). The number of hydrogen-bond donors (Lipinski definition) is 2. The van der Waals surface area contributed by atoms with Crippen LogP contribution in [0.2, 0.25) is 10.0 Å². The van der Waals surface area contributed by atoms with Crippen LogP contribution in [-0.2, 0) is 4.79 Å². The second-order valence-electron chi connectivity index (χ2n) is 2.62. The number of nitrogens with zero attached hydrogens (tertiary/aromatic N) is 2. The van der Waals surface area contributed by atoms with E-state index in [4.69, 9.17) is 33.4 Å². The molecule has 0 amide bonds. The van der Waals surface area contributed by atoms with E-state index < -0.39 is 11.7 Å². The van der Waals surface area contributed by atoms with E-state index in [0.29, 0.717) is 17.0 Å². The predicted molar refractivity (Wildman–Crippen MR) is 59.3 cm³/mol. The number of hydrogen-bond acceptors (Lipinski definition) is 4. The van der Waals surface area contributed by atoms with Gasteiger partial charge in [0.1, 0.15) is 6.26 Å². The number of aliphatic carboxylic acids is 1. The molecule has 0 heterocycles. The summed E-state index contributed by atoms with van der Waals surface area (Å²) in [6.07, 6.45) is 0.351. The van der Waals surface area contributed by atoms with Crippen LogP contribution >= 0.6 is 23.2 Å². The molecule has 0 bridgehead atoms. The van der Waals surface area contributed by atoms with Gasteiger partial charge >= 0.3 is 5.97 Å². The molecule has 1 aromatic rings. The second kappa shape index (κ2) is 5.48. The average Bonchev–Trinajstić information content (AvgIpc) is 2.23. The normalized spacial score (nSPS) is 12.0. The minimum Gasteiger partial charge on any atom is -0.513 e. The van der Waals surface area contributed by atoms with Gasteiger partial charge < -0.3 is 10.2 Å². The van der Waals surface area contributed by atoms with Gasteiger partial charge in [-0.25, -0.2) is 4.79 Å². The minimum atomic E-state index is -1.38. The fourth-order valence-electron chi connectivity index (χ4n) is 0.783. The molecule has 0 aliphatic carbocycles. The van der Waals surface area contributed by atoms with Crippen molar-refractivity contribution < 1.29 is 15.0 Å². The van der Waals surface area contributed by atoms with E-state index in [1.54, 1.807) is 0 Å². The molecule has 0 aromatic heterocycles. The van der Waals surface area contributed by atoms with Gasteiger partial charge in [-0.05, 0) is 18.2 Å². The molecular formula is C9H6Cl2N2O3. The topological polar surface area (TPSA) is 82.2 Å². The van der Waals surface area contributed by atoms with Gasteiger partial charge in [0.15, 0.2) is 0 Å². The Labute approximate surface area is 101 Å². The van der Waals surface area contributed by atoms with Crippen LogP contribution in [0.4, 0.5) is 5.69 Å². The van der Waals surface area contributed by atoms with Crippen molar-refractivity contribution in [3.63, 3.8) is 0 Å². The Kier molecular flexibility index (Phi) is 4.28. The van der Waals surface area contributed by atoms with E-state index in [9.17, 15) is 4.79 Å². The second-order valence-corrected chi connectivity index (χ2v) is 3.43. The molecule has 0 atom stereocenters.